The van der Waals surface area contributed by atoms with Crippen molar-refractivity contribution >= 4 is 11.6 Å². The molecule has 0 unspecified atom stereocenters. The minimum absolute atomic E-state index is 0.0295. The van der Waals surface area contributed by atoms with E-state index in [1.165, 1.54) is 5.56 Å². The van der Waals surface area contributed by atoms with Crippen LogP contribution in [0, 0.1) is 0 Å². The average Bonchev–Trinajstić information content (AvgIpc) is 2.28. The number of methoxy groups -OCH3 is 1. The molecule has 0 atom stereocenters. The first-order valence-electron chi connectivity index (χ1n) is 6.37. The highest BCUT2D eigenvalue weighted by Gasteiger charge is 2.16. The maximum absolute atomic E-state index is 11.7. The van der Waals surface area contributed by atoms with Crippen LogP contribution >= 0.6 is 0 Å². The second-order valence-electron chi connectivity index (χ2n) is 5.46. The van der Waals surface area contributed by atoms with Gasteiger partial charge in [0.2, 0.25) is 5.91 Å². The highest BCUT2D eigenvalue weighted by atomic mass is 16.5. The smallest absolute Gasteiger partial charge is 0.224 e. The highest BCUT2D eigenvalue weighted by Crippen LogP contribution is 2.31. The molecule has 0 aliphatic heterocycles. The molecule has 0 heterocycles. The number of nitrogens with one attached hydrogen (secondary N) is 1. The summed E-state index contributed by atoms with van der Waals surface area (Å²) in [5.74, 6) is 0.731. The Morgan fingerprint density at radius 1 is 1.33 bits per heavy atom. The first-order valence-corrected chi connectivity index (χ1v) is 6.37. The summed E-state index contributed by atoms with van der Waals surface area (Å²) in [7, 11) is 1.61. The van der Waals surface area contributed by atoms with E-state index in [1.807, 2.05) is 25.1 Å². The van der Waals surface area contributed by atoms with Crippen LogP contribution in [-0.2, 0) is 10.2 Å². The number of rotatable bonds is 4. The third-order valence-electron chi connectivity index (χ3n) is 2.82. The molecule has 1 N–H and O–H groups in total. The number of carbonyl (C=O) groups excluding carboxylic acids is 1. The molecule has 1 aromatic rings. The third-order valence-corrected chi connectivity index (χ3v) is 2.82. The Labute approximate surface area is 110 Å². The molecule has 0 saturated carbocycles. The molecule has 100 valence electrons. The van der Waals surface area contributed by atoms with Crippen LogP contribution in [0.2, 0.25) is 0 Å². The normalized spacial score (nSPS) is 11.2. The lowest BCUT2D eigenvalue weighted by Crippen LogP contribution is -2.15. The minimum Gasteiger partial charge on any atom is -0.495 e. The summed E-state index contributed by atoms with van der Waals surface area (Å²) in [6, 6.07) is 5.93. The zero-order valence-electron chi connectivity index (χ0n) is 12.0. The van der Waals surface area contributed by atoms with Gasteiger partial charge in [0.05, 0.1) is 12.8 Å². The van der Waals surface area contributed by atoms with Crippen LogP contribution in [0.3, 0.4) is 0 Å². The van der Waals surface area contributed by atoms with Gasteiger partial charge in [0, 0.05) is 6.42 Å². The van der Waals surface area contributed by atoms with E-state index in [9.17, 15) is 4.79 Å². The highest BCUT2D eigenvalue weighted by molar-refractivity contribution is 5.92. The summed E-state index contributed by atoms with van der Waals surface area (Å²) in [5, 5.41) is 2.91. The summed E-state index contributed by atoms with van der Waals surface area (Å²) in [6.45, 7) is 8.42. The monoisotopic (exact) mass is 249 g/mol. The molecular formula is C15H23NO2. The van der Waals surface area contributed by atoms with Gasteiger partial charge in [-0.3, -0.25) is 4.79 Å². The van der Waals surface area contributed by atoms with Gasteiger partial charge in [-0.1, -0.05) is 33.8 Å². The molecule has 0 aliphatic carbocycles. The van der Waals surface area contributed by atoms with Gasteiger partial charge < -0.3 is 10.1 Å². The number of carbonyl (C=O) groups is 1. The molecule has 0 radical (unpaired) electrons. The summed E-state index contributed by atoms with van der Waals surface area (Å²) >= 11 is 0. The van der Waals surface area contributed by atoms with Gasteiger partial charge in [-0.15, -0.1) is 0 Å². The molecular weight excluding hydrogens is 226 g/mol. The molecule has 0 spiro atoms. The molecule has 0 bridgehead atoms. The minimum atomic E-state index is 0.0295. The maximum atomic E-state index is 11.7. The first kappa shape index (κ1) is 14.6. The van der Waals surface area contributed by atoms with Gasteiger partial charge in [-0.05, 0) is 29.5 Å². The van der Waals surface area contributed by atoms with Gasteiger partial charge in [-0.2, -0.15) is 0 Å². The second-order valence-corrected chi connectivity index (χ2v) is 5.46. The van der Waals surface area contributed by atoms with Crippen LogP contribution in [0.15, 0.2) is 18.2 Å². The molecule has 0 aliphatic rings. The van der Waals surface area contributed by atoms with Gasteiger partial charge >= 0.3 is 0 Å². The van der Waals surface area contributed by atoms with Crippen molar-refractivity contribution in [2.75, 3.05) is 12.4 Å². The number of anilines is 1. The molecule has 1 aromatic carbocycles. The Kier molecular flexibility index (Phi) is 4.76. The lowest BCUT2D eigenvalue weighted by molar-refractivity contribution is -0.116. The zero-order valence-corrected chi connectivity index (χ0v) is 12.0. The van der Waals surface area contributed by atoms with Crippen molar-refractivity contribution in [1.82, 2.24) is 0 Å². The molecule has 0 saturated heterocycles. The van der Waals surface area contributed by atoms with Crippen LogP contribution in [0.25, 0.3) is 0 Å². The SMILES string of the molecule is CCCC(=O)Nc1cc(C(C)(C)C)ccc1OC. The number of benzene rings is 1. The number of amides is 1. The van der Waals surface area contributed by atoms with Crippen molar-refractivity contribution in [2.24, 2.45) is 0 Å². The van der Waals surface area contributed by atoms with Crippen molar-refractivity contribution in [1.29, 1.82) is 0 Å². The molecule has 3 heteroatoms. The lowest BCUT2D eigenvalue weighted by Gasteiger charge is -2.21. The number of hydrogen-bond acceptors (Lipinski definition) is 2. The van der Waals surface area contributed by atoms with Crippen molar-refractivity contribution in [3.63, 3.8) is 0 Å². The van der Waals surface area contributed by atoms with E-state index in [0.29, 0.717) is 12.2 Å². The fraction of sp³-hybridized carbons (Fsp3) is 0.533. The Bertz CT molecular complexity index is 419. The van der Waals surface area contributed by atoms with E-state index in [-0.39, 0.29) is 11.3 Å². The van der Waals surface area contributed by atoms with Crippen molar-refractivity contribution < 1.29 is 9.53 Å². The Balaban J connectivity index is 3.03. The molecule has 0 fully saturated rings. The Hall–Kier alpha value is -1.51. The van der Waals surface area contributed by atoms with Crippen LogP contribution in [0.5, 0.6) is 5.75 Å². The summed E-state index contributed by atoms with van der Waals surface area (Å²) in [4.78, 5) is 11.7. The van der Waals surface area contributed by atoms with Gasteiger partial charge in [0.15, 0.2) is 0 Å². The number of hydrogen-bond donors (Lipinski definition) is 1. The largest absolute Gasteiger partial charge is 0.495 e. The number of ether oxygens (including phenoxy) is 1. The second kappa shape index (κ2) is 5.89. The zero-order chi connectivity index (χ0) is 13.8. The Morgan fingerprint density at radius 3 is 2.50 bits per heavy atom. The predicted octanol–water partition coefficient (Wildman–Crippen LogP) is 3.73. The molecule has 3 nitrogen and oxygen atoms in total. The summed E-state index contributed by atoms with van der Waals surface area (Å²) in [5.41, 5.74) is 1.98. The molecule has 0 aromatic heterocycles. The van der Waals surface area contributed by atoms with E-state index < -0.39 is 0 Å². The standard InChI is InChI=1S/C15H23NO2/c1-6-7-14(17)16-12-10-11(15(2,3)4)8-9-13(12)18-5/h8-10H,6-7H2,1-5H3,(H,16,17). The van der Waals surface area contributed by atoms with Crippen LogP contribution in [0.4, 0.5) is 5.69 Å². The first-order chi connectivity index (χ1) is 8.38. The summed E-state index contributed by atoms with van der Waals surface area (Å²) < 4.78 is 5.28. The predicted molar refractivity (Wildman–Crippen MR) is 75.2 cm³/mol. The third kappa shape index (κ3) is 3.76. The fourth-order valence-electron chi connectivity index (χ4n) is 1.71. The van der Waals surface area contributed by atoms with Gasteiger partial charge in [0.25, 0.3) is 0 Å². The lowest BCUT2D eigenvalue weighted by atomic mass is 9.87. The van der Waals surface area contributed by atoms with Crippen LogP contribution in [0.1, 0.15) is 46.1 Å². The quantitative estimate of drug-likeness (QED) is 0.883. The van der Waals surface area contributed by atoms with Gasteiger partial charge in [-0.25, -0.2) is 0 Å². The summed E-state index contributed by atoms with van der Waals surface area (Å²) in [6.07, 6.45) is 1.37. The van der Waals surface area contributed by atoms with E-state index in [0.717, 1.165) is 12.1 Å². The molecule has 18 heavy (non-hydrogen) atoms. The maximum Gasteiger partial charge on any atom is 0.224 e. The van der Waals surface area contributed by atoms with Gasteiger partial charge in [0.1, 0.15) is 5.75 Å². The molecule has 1 amide bonds. The van der Waals surface area contributed by atoms with E-state index in [4.69, 9.17) is 4.74 Å². The van der Waals surface area contributed by atoms with E-state index in [1.54, 1.807) is 7.11 Å². The van der Waals surface area contributed by atoms with Crippen molar-refractivity contribution in [3.8, 4) is 5.75 Å². The average molecular weight is 249 g/mol. The Morgan fingerprint density at radius 2 is 2.00 bits per heavy atom. The van der Waals surface area contributed by atoms with Crippen molar-refractivity contribution in [3.05, 3.63) is 23.8 Å². The fourth-order valence-corrected chi connectivity index (χ4v) is 1.71. The van der Waals surface area contributed by atoms with Crippen LogP contribution in [-0.4, -0.2) is 13.0 Å². The molecule has 1 rings (SSSR count). The van der Waals surface area contributed by atoms with Crippen molar-refractivity contribution in [2.45, 2.75) is 46.0 Å². The van der Waals surface area contributed by atoms with E-state index >= 15 is 0 Å². The van der Waals surface area contributed by atoms with Crippen LogP contribution < -0.4 is 10.1 Å². The van der Waals surface area contributed by atoms with E-state index in [2.05, 4.69) is 26.1 Å². The topological polar surface area (TPSA) is 38.3 Å².